The molecule has 0 aliphatic carbocycles. The smallest absolute Gasteiger partial charge is 0.284 e. The van der Waals surface area contributed by atoms with Gasteiger partial charge in [-0.25, -0.2) is 0 Å². The van der Waals surface area contributed by atoms with Crippen molar-refractivity contribution in [3.63, 3.8) is 0 Å². The van der Waals surface area contributed by atoms with E-state index in [-0.39, 0.29) is 17.6 Å². The molecule has 0 aliphatic rings. The summed E-state index contributed by atoms with van der Waals surface area (Å²) < 4.78 is 10.7. The van der Waals surface area contributed by atoms with E-state index in [0.29, 0.717) is 16.0 Å². The van der Waals surface area contributed by atoms with Crippen LogP contribution in [-0.2, 0) is 4.79 Å². The van der Waals surface area contributed by atoms with Crippen molar-refractivity contribution in [2.75, 3.05) is 11.1 Å². The maximum absolute atomic E-state index is 12.4. The lowest BCUT2D eigenvalue weighted by atomic mass is 10.3. The number of amides is 1. The first kappa shape index (κ1) is 19.6. The summed E-state index contributed by atoms with van der Waals surface area (Å²) in [6.07, 6.45) is 1.53. The molecule has 0 atom stereocenters. The highest BCUT2D eigenvalue weighted by atomic mass is 35.5. The molecule has 4 rings (SSSR count). The third kappa shape index (κ3) is 5.23. The second-order valence-corrected chi connectivity index (χ2v) is 8.22. The van der Waals surface area contributed by atoms with Crippen molar-refractivity contribution in [3.05, 3.63) is 71.9 Å². The number of hydrogen-bond donors (Lipinski definition) is 1. The predicted octanol–water partition coefficient (Wildman–Crippen LogP) is 5.87. The number of aromatic nitrogens is 2. The summed E-state index contributed by atoms with van der Waals surface area (Å²) in [5.74, 6) is 0.737. The Hall–Kier alpha value is -2.68. The lowest BCUT2D eigenvalue weighted by molar-refractivity contribution is -0.113. The maximum Gasteiger partial charge on any atom is 0.284 e. The van der Waals surface area contributed by atoms with Crippen molar-refractivity contribution in [1.82, 2.24) is 10.2 Å². The zero-order valence-electron chi connectivity index (χ0n) is 14.9. The van der Waals surface area contributed by atoms with Crippen LogP contribution in [0.5, 0.6) is 0 Å². The van der Waals surface area contributed by atoms with E-state index in [9.17, 15) is 4.79 Å². The van der Waals surface area contributed by atoms with Gasteiger partial charge in [-0.3, -0.25) is 4.79 Å². The minimum absolute atomic E-state index is 0.139. The minimum Gasteiger partial charge on any atom is -0.459 e. The van der Waals surface area contributed by atoms with Gasteiger partial charge < -0.3 is 14.2 Å². The molecule has 9 heteroatoms. The zero-order chi connectivity index (χ0) is 20.1. The highest BCUT2D eigenvalue weighted by Gasteiger charge is 2.14. The molecule has 146 valence electrons. The van der Waals surface area contributed by atoms with E-state index in [1.54, 1.807) is 23.9 Å². The van der Waals surface area contributed by atoms with E-state index in [1.165, 1.54) is 6.26 Å². The maximum atomic E-state index is 12.4. The van der Waals surface area contributed by atoms with Crippen LogP contribution in [0.1, 0.15) is 0 Å². The van der Waals surface area contributed by atoms with Crippen molar-refractivity contribution < 1.29 is 13.6 Å². The number of anilines is 1. The standard InChI is InChI=1S/C20H14ClN3O3S2/c21-13-7-9-14(10-8-13)29-17-6-2-1-4-15(17)22-18(25)12-28-20-24-23-19(27-20)16-5-3-11-26-16/h1-11H,12H2,(H,22,25). The summed E-state index contributed by atoms with van der Waals surface area (Å²) in [6.45, 7) is 0. The molecule has 1 N–H and O–H groups in total. The monoisotopic (exact) mass is 443 g/mol. The summed E-state index contributed by atoms with van der Waals surface area (Å²) in [6, 6.07) is 18.6. The molecule has 0 bridgehead atoms. The first-order valence-corrected chi connectivity index (χ1v) is 10.7. The topological polar surface area (TPSA) is 81.2 Å². The molecule has 4 aromatic rings. The largest absolute Gasteiger partial charge is 0.459 e. The summed E-state index contributed by atoms with van der Waals surface area (Å²) in [7, 11) is 0. The average Bonchev–Trinajstić information content (AvgIpc) is 3.41. The molecule has 6 nitrogen and oxygen atoms in total. The van der Waals surface area contributed by atoms with Crippen LogP contribution in [0.4, 0.5) is 5.69 Å². The summed E-state index contributed by atoms with van der Waals surface area (Å²) >= 11 is 8.65. The highest BCUT2D eigenvalue weighted by molar-refractivity contribution is 8.00. The number of para-hydroxylation sites is 1. The fourth-order valence-corrected chi connectivity index (χ4v) is 3.96. The summed E-state index contributed by atoms with van der Waals surface area (Å²) in [4.78, 5) is 14.4. The summed E-state index contributed by atoms with van der Waals surface area (Å²) in [5.41, 5.74) is 0.736. The Morgan fingerprint density at radius 3 is 2.66 bits per heavy atom. The van der Waals surface area contributed by atoms with E-state index >= 15 is 0 Å². The normalized spacial score (nSPS) is 10.8. The number of thioether (sulfide) groups is 1. The average molecular weight is 444 g/mol. The molecular formula is C20H14ClN3O3S2. The Morgan fingerprint density at radius 2 is 1.86 bits per heavy atom. The van der Waals surface area contributed by atoms with Gasteiger partial charge in [0.2, 0.25) is 5.91 Å². The third-order valence-corrected chi connectivity index (χ3v) is 5.82. The first-order valence-electron chi connectivity index (χ1n) is 8.50. The molecule has 0 fully saturated rings. The van der Waals surface area contributed by atoms with E-state index in [4.69, 9.17) is 20.4 Å². The Bertz CT molecular complexity index is 1100. The van der Waals surface area contributed by atoms with Gasteiger partial charge in [0.05, 0.1) is 17.7 Å². The van der Waals surface area contributed by atoms with Gasteiger partial charge in [-0.2, -0.15) is 0 Å². The minimum atomic E-state index is -0.170. The second kappa shape index (κ2) is 9.21. The number of halogens is 1. The van der Waals surface area contributed by atoms with Crippen LogP contribution in [0, 0.1) is 0 Å². The van der Waals surface area contributed by atoms with Crippen LogP contribution >= 0.6 is 35.1 Å². The number of carbonyl (C=O) groups excluding carboxylic acids is 1. The van der Waals surface area contributed by atoms with Crippen molar-refractivity contribution in [1.29, 1.82) is 0 Å². The SMILES string of the molecule is O=C(CSc1nnc(-c2ccco2)o1)Nc1ccccc1Sc1ccc(Cl)cc1. The number of carbonyl (C=O) groups is 1. The molecule has 2 aromatic carbocycles. The second-order valence-electron chi connectivity index (χ2n) is 5.74. The van der Waals surface area contributed by atoms with Crippen LogP contribution in [0.3, 0.4) is 0 Å². The van der Waals surface area contributed by atoms with Crippen molar-refractivity contribution >= 4 is 46.7 Å². The lowest BCUT2D eigenvalue weighted by Crippen LogP contribution is -2.14. The number of furan rings is 1. The van der Waals surface area contributed by atoms with Gasteiger partial charge in [0.25, 0.3) is 11.1 Å². The van der Waals surface area contributed by atoms with Gasteiger partial charge in [-0.1, -0.05) is 47.3 Å². The van der Waals surface area contributed by atoms with Gasteiger partial charge in [0, 0.05) is 14.8 Å². The van der Waals surface area contributed by atoms with Crippen molar-refractivity contribution in [2.24, 2.45) is 0 Å². The third-order valence-electron chi connectivity index (χ3n) is 3.67. The van der Waals surface area contributed by atoms with E-state index in [1.807, 2.05) is 48.5 Å². The Kier molecular flexibility index (Phi) is 6.24. The molecule has 0 unspecified atom stereocenters. The highest BCUT2D eigenvalue weighted by Crippen LogP contribution is 2.34. The molecule has 0 spiro atoms. The number of nitrogens with one attached hydrogen (secondary N) is 1. The van der Waals surface area contributed by atoms with Crippen LogP contribution in [-0.4, -0.2) is 21.9 Å². The summed E-state index contributed by atoms with van der Waals surface area (Å²) in [5, 5.41) is 11.8. The predicted molar refractivity (Wildman–Crippen MR) is 113 cm³/mol. The fourth-order valence-electron chi connectivity index (χ4n) is 2.37. The van der Waals surface area contributed by atoms with Crippen molar-refractivity contribution in [2.45, 2.75) is 15.0 Å². The molecular weight excluding hydrogens is 430 g/mol. The molecule has 1 amide bonds. The van der Waals surface area contributed by atoms with Gasteiger partial charge in [0.1, 0.15) is 0 Å². The number of nitrogens with zero attached hydrogens (tertiary/aromatic N) is 2. The van der Waals surface area contributed by atoms with Crippen LogP contribution in [0.25, 0.3) is 11.7 Å². The number of hydrogen-bond acceptors (Lipinski definition) is 7. The van der Waals surface area contributed by atoms with Crippen LogP contribution in [0.2, 0.25) is 5.02 Å². The van der Waals surface area contributed by atoms with E-state index in [2.05, 4.69) is 15.5 Å². The molecule has 2 aromatic heterocycles. The van der Waals surface area contributed by atoms with Crippen LogP contribution in [0.15, 0.2) is 90.8 Å². The molecule has 2 heterocycles. The first-order chi connectivity index (χ1) is 14.2. The van der Waals surface area contributed by atoms with Crippen molar-refractivity contribution in [3.8, 4) is 11.7 Å². The lowest BCUT2D eigenvalue weighted by Gasteiger charge is -2.10. The Labute approximate surface area is 180 Å². The fraction of sp³-hybridized carbons (Fsp3) is 0.0500. The van der Waals surface area contributed by atoms with Gasteiger partial charge in [0.15, 0.2) is 5.76 Å². The van der Waals surface area contributed by atoms with Gasteiger partial charge in [-0.05, 0) is 48.5 Å². The Balaban J connectivity index is 1.37. The van der Waals surface area contributed by atoms with E-state index in [0.717, 1.165) is 27.2 Å². The number of benzene rings is 2. The molecule has 0 radical (unpaired) electrons. The van der Waals surface area contributed by atoms with Gasteiger partial charge in [-0.15, -0.1) is 10.2 Å². The molecule has 0 aliphatic heterocycles. The van der Waals surface area contributed by atoms with E-state index < -0.39 is 0 Å². The van der Waals surface area contributed by atoms with Crippen LogP contribution < -0.4 is 5.32 Å². The molecule has 0 saturated carbocycles. The van der Waals surface area contributed by atoms with Gasteiger partial charge >= 0.3 is 0 Å². The molecule has 0 saturated heterocycles. The quantitative estimate of drug-likeness (QED) is 0.358. The molecule has 29 heavy (non-hydrogen) atoms. The number of rotatable bonds is 7. The Morgan fingerprint density at radius 1 is 1.03 bits per heavy atom. The zero-order valence-corrected chi connectivity index (χ0v) is 17.3.